The molecule has 3 rings (SSSR count). The summed E-state index contributed by atoms with van der Waals surface area (Å²) >= 11 is 0. The van der Waals surface area contributed by atoms with Crippen molar-refractivity contribution in [2.45, 2.75) is 38.7 Å². The van der Waals surface area contributed by atoms with Crippen LogP contribution in [0.3, 0.4) is 0 Å². The number of H-pyrrole nitrogens is 1. The van der Waals surface area contributed by atoms with Crippen LogP contribution in [-0.4, -0.2) is 59.5 Å². The summed E-state index contributed by atoms with van der Waals surface area (Å²) in [5.41, 5.74) is 0. The molecule has 1 aromatic rings. The second-order valence-electron chi connectivity index (χ2n) is 6.07. The summed E-state index contributed by atoms with van der Waals surface area (Å²) in [6.45, 7) is 7.82. The summed E-state index contributed by atoms with van der Waals surface area (Å²) in [4.78, 5) is 7.07. The van der Waals surface area contributed by atoms with Gasteiger partial charge >= 0.3 is 0 Å². The smallest absolute Gasteiger partial charge is 0.180 e. The highest BCUT2D eigenvalue weighted by Gasteiger charge is 2.27. The van der Waals surface area contributed by atoms with Crippen molar-refractivity contribution in [1.29, 1.82) is 0 Å². The number of ether oxygens (including phenoxy) is 2. The van der Waals surface area contributed by atoms with Crippen LogP contribution in [0.25, 0.3) is 0 Å². The van der Waals surface area contributed by atoms with Crippen molar-refractivity contribution < 1.29 is 9.47 Å². The van der Waals surface area contributed by atoms with Crippen LogP contribution in [0.15, 0.2) is 0 Å². The molecule has 0 amide bonds. The number of nitrogens with one attached hydrogen (secondary N) is 1. The van der Waals surface area contributed by atoms with E-state index in [0.29, 0.717) is 0 Å². The van der Waals surface area contributed by atoms with Gasteiger partial charge in [-0.1, -0.05) is 6.92 Å². The fourth-order valence-electron chi connectivity index (χ4n) is 3.12. The first-order valence-corrected chi connectivity index (χ1v) is 8.18. The third kappa shape index (κ3) is 4.02. The minimum atomic E-state index is 0.0143. The van der Waals surface area contributed by atoms with Gasteiger partial charge in [0.25, 0.3) is 0 Å². The quantitative estimate of drug-likeness (QED) is 0.893. The molecule has 1 N–H and O–H groups in total. The van der Waals surface area contributed by atoms with Crippen LogP contribution in [0.4, 0.5) is 0 Å². The molecule has 1 atom stereocenters. The highest BCUT2D eigenvalue weighted by atomic mass is 16.5. The van der Waals surface area contributed by atoms with E-state index in [1.165, 1.54) is 12.8 Å². The molecule has 0 saturated carbocycles. The zero-order valence-corrected chi connectivity index (χ0v) is 12.9. The zero-order valence-electron chi connectivity index (χ0n) is 12.9. The summed E-state index contributed by atoms with van der Waals surface area (Å²) in [6, 6.07) is 0. The molecular formula is C15H26N4O2. The molecule has 2 aliphatic heterocycles. The molecule has 0 radical (unpaired) electrons. The Morgan fingerprint density at radius 2 is 2.14 bits per heavy atom. The van der Waals surface area contributed by atoms with Crippen LogP contribution in [0, 0.1) is 5.92 Å². The number of nitrogens with zero attached hydrogens (tertiary/aromatic N) is 3. The number of hydrogen-bond acceptors (Lipinski definition) is 5. The molecule has 118 valence electrons. The highest BCUT2D eigenvalue weighted by Crippen LogP contribution is 2.22. The topological polar surface area (TPSA) is 63.3 Å². The first-order valence-electron chi connectivity index (χ1n) is 8.18. The number of aromatic nitrogens is 3. The lowest BCUT2D eigenvalue weighted by Crippen LogP contribution is -2.42. The molecule has 21 heavy (non-hydrogen) atoms. The van der Waals surface area contributed by atoms with E-state index in [2.05, 4.69) is 27.0 Å². The summed E-state index contributed by atoms with van der Waals surface area (Å²) in [5, 5.41) is 7.36. The molecule has 0 spiro atoms. The fraction of sp³-hybridized carbons (Fsp3) is 0.867. The van der Waals surface area contributed by atoms with E-state index in [1.54, 1.807) is 0 Å². The van der Waals surface area contributed by atoms with E-state index in [4.69, 9.17) is 9.47 Å². The molecule has 2 saturated heterocycles. The molecule has 0 unspecified atom stereocenters. The van der Waals surface area contributed by atoms with Crippen molar-refractivity contribution >= 4 is 0 Å². The number of aromatic amines is 1. The van der Waals surface area contributed by atoms with Crippen LogP contribution in [0.1, 0.15) is 43.9 Å². The fourth-order valence-corrected chi connectivity index (χ4v) is 3.12. The van der Waals surface area contributed by atoms with Crippen molar-refractivity contribution in [2.75, 3.05) is 39.5 Å². The monoisotopic (exact) mass is 294 g/mol. The van der Waals surface area contributed by atoms with E-state index >= 15 is 0 Å². The minimum Gasteiger partial charge on any atom is -0.381 e. The number of aryl methyl sites for hydroxylation is 1. The Hall–Kier alpha value is -0.980. The lowest BCUT2D eigenvalue weighted by atomic mass is 9.99. The van der Waals surface area contributed by atoms with Crippen molar-refractivity contribution in [1.82, 2.24) is 20.1 Å². The van der Waals surface area contributed by atoms with Gasteiger partial charge in [-0.15, -0.1) is 0 Å². The first-order chi connectivity index (χ1) is 10.3. The Morgan fingerprint density at radius 1 is 1.29 bits per heavy atom. The van der Waals surface area contributed by atoms with Crippen LogP contribution < -0.4 is 0 Å². The Labute approximate surface area is 126 Å². The van der Waals surface area contributed by atoms with Gasteiger partial charge in [0.2, 0.25) is 0 Å². The maximum absolute atomic E-state index is 5.86. The average molecular weight is 294 g/mol. The van der Waals surface area contributed by atoms with Crippen LogP contribution in [0.2, 0.25) is 0 Å². The van der Waals surface area contributed by atoms with Crippen molar-refractivity contribution in [3.63, 3.8) is 0 Å². The Balaban J connectivity index is 1.54. The van der Waals surface area contributed by atoms with Crippen LogP contribution in [-0.2, 0) is 15.9 Å². The lowest BCUT2D eigenvalue weighted by Gasteiger charge is -2.35. The van der Waals surface area contributed by atoms with Gasteiger partial charge in [-0.3, -0.25) is 10.00 Å². The predicted octanol–water partition coefficient (Wildman–Crippen LogP) is 1.56. The maximum atomic E-state index is 5.86. The van der Waals surface area contributed by atoms with Crippen LogP contribution >= 0.6 is 0 Å². The van der Waals surface area contributed by atoms with Crippen molar-refractivity contribution in [3.05, 3.63) is 11.6 Å². The van der Waals surface area contributed by atoms with E-state index in [0.717, 1.165) is 69.9 Å². The third-order valence-electron chi connectivity index (χ3n) is 4.33. The van der Waals surface area contributed by atoms with Gasteiger partial charge in [0.1, 0.15) is 11.9 Å². The SMILES string of the molecule is CCCc1nc([C@@H]2CN(CC3CCOCC3)CCO2)n[nH]1. The Morgan fingerprint density at radius 3 is 2.95 bits per heavy atom. The van der Waals surface area contributed by atoms with Crippen LogP contribution in [0.5, 0.6) is 0 Å². The molecule has 3 heterocycles. The second kappa shape index (κ2) is 7.33. The number of rotatable bonds is 5. The Bertz CT molecular complexity index is 431. The predicted molar refractivity (Wildman–Crippen MR) is 79.1 cm³/mol. The summed E-state index contributed by atoms with van der Waals surface area (Å²) in [7, 11) is 0. The first kappa shape index (κ1) is 14.9. The third-order valence-corrected chi connectivity index (χ3v) is 4.33. The average Bonchev–Trinajstić information content (AvgIpc) is 2.98. The van der Waals surface area contributed by atoms with Crippen molar-refractivity contribution in [2.24, 2.45) is 5.92 Å². The molecule has 2 fully saturated rings. The largest absolute Gasteiger partial charge is 0.381 e. The van der Waals surface area contributed by atoms with E-state index in [1.807, 2.05) is 0 Å². The molecule has 0 bridgehead atoms. The molecule has 0 aliphatic carbocycles. The number of morpholine rings is 1. The normalized spacial score (nSPS) is 25.3. The van der Waals surface area contributed by atoms with Gasteiger partial charge in [0, 0.05) is 39.3 Å². The lowest BCUT2D eigenvalue weighted by molar-refractivity contribution is -0.0447. The number of hydrogen-bond donors (Lipinski definition) is 1. The highest BCUT2D eigenvalue weighted by molar-refractivity contribution is 4.97. The second-order valence-corrected chi connectivity index (χ2v) is 6.07. The minimum absolute atomic E-state index is 0.0143. The summed E-state index contributed by atoms with van der Waals surface area (Å²) in [5.74, 6) is 2.55. The van der Waals surface area contributed by atoms with Gasteiger partial charge < -0.3 is 9.47 Å². The van der Waals surface area contributed by atoms with Gasteiger partial charge in [0.05, 0.1) is 6.61 Å². The van der Waals surface area contributed by atoms with E-state index in [-0.39, 0.29) is 6.10 Å². The molecule has 2 aliphatic rings. The molecule has 1 aromatic heterocycles. The zero-order chi connectivity index (χ0) is 14.5. The van der Waals surface area contributed by atoms with Gasteiger partial charge in [0.15, 0.2) is 5.82 Å². The van der Waals surface area contributed by atoms with E-state index in [9.17, 15) is 0 Å². The van der Waals surface area contributed by atoms with Gasteiger partial charge in [-0.05, 0) is 25.2 Å². The van der Waals surface area contributed by atoms with E-state index < -0.39 is 0 Å². The molecular weight excluding hydrogens is 268 g/mol. The molecule has 6 nitrogen and oxygen atoms in total. The molecule has 6 heteroatoms. The summed E-state index contributed by atoms with van der Waals surface area (Å²) in [6.07, 6.45) is 4.41. The van der Waals surface area contributed by atoms with Crippen molar-refractivity contribution in [3.8, 4) is 0 Å². The van der Waals surface area contributed by atoms with Gasteiger partial charge in [-0.25, -0.2) is 4.98 Å². The summed E-state index contributed by atoms with van der Waals surface area (Å²) < 4.78 is 11.3. The maximum Gasteiger partial charge on any atom is 0.180 e. The Kier molecular flexibility index (Phi) is 5.22. The van der Waals surface area contributed by atoms with Gasteiger partial charge in [-0.2, -0.15) is 5.10 Å². The standard InChI is InChI=1S/C15H26N4O2/c1-2-3-14-16-15(18-17-14)13-11-19(6-9-21-13)10-12-4-7-20-8-5-12/h12-13H,2-11H2,1H3,(H,16,17,18)/t13-/m0/s1. The molecule has 0 aromatic carbocycles.